The lowest BCUT2D eigenvalue weighted by atomic mass is 9.98. The number of rotatable bonds is 13. The van der Waals surface area contributed by atoms with E-state index in [1.54, 1.807) is 0 Å². The van der Waals surface area contributed by atoms with Crippen LogP contribution in [0, 0.1) is 11.8 Å². The quantitative estimate of drug-likeness (QED) is 0.255. The van der Waals surface area contributed by atoms with Gasteiger partial charge in [0.2, 0.25) is 17.7 Å². The highest BCUT2D eigenvalue weighted by Gasteiger charge is 2.38. The number of carbonyl (C=O) groups excluding carboxylic acids is 3. The largest absolute Gasteiger partial charge is 0.481 e. The molecule has 188 valence electrons. The van der Waals surface area contributed by atoms with E-state index in [-0.39, 0.29) is 30.6 Å². The zero-order valence-electron chi connectivity index (χ0n) is 19.9. The second-order valence-electron chi connectivity index (χ2n) is 9.12. The topological polar surface area (TPSA) is 179 Å². The van der Waals surface area contributed by atoms with Crippen molar-refractivity contribution in [2.45, 2.75) is 90.4 Å². The van der Waals surface area contributed by atoms with Crippen LogP contribution >= 0.6 is 0 Å². The van der Waals surface area contributed by atoms with Crippen molar-refractivity contribution in [1.29, 1.82) is 0 Å². The van der Waals surface area contributed by atoms with Crippen LogP contribution < -0.4 is 16.4 Å². The predicted octanol–water partition coefficient (Wildman–Crippen LogP) is 0.316. The van der Waals surface area contributed by atoms with Crippen molar-refractivity contribution in [2.24, 2.45) is 17.6 Å². The summed E-state index contributed by atoms with van der Waals surface area (Å²) in [4.78, 5) is 62.3. The Labute approximate surface area is 194 Å². The lowest BCUT2D eigenvalue weighted by molar-refractivity contribution is -0.144. The monoisotopic (exact) mass is 470 g/mol. The fourth-order valence-corrected chi connectivity index (χ4v) is 3.76. The Morgan fingerprint density at radius 1 is 1.06 bits per heavy atom. The molecule has 5 atom stereocenters. The molecule has 1 aliphatic heterocycles. The molecule has 33 heavy (non-hydrogen) atoms. The molecule has 11 heteroatoms. The van der Waals surface area contributed by atoms with Crippen LogP contribution in [-0.4, -0.2) is 75.5 Å². The van der Waals surface area contributed by atoms with Crippen molar-refractivity contribution in [3.8, 4) is 0 Å². The van der Waals surface area contributed by atoms with E-state index in [9.17, 15) is 29.1 Å². The molecule has 0 aromatic heterocycles. The highest BCUT2D eigenvalue weighted by molar-refractivity contribution is 5.94. The Balaban J connectivity index is 2.92. The molecule has 1 heterocycles. The van der Waals surface area contributed by atoms with Gasteiger partial charge in [-0.3, -0.25) is 19.2 Å². The minimum absolute atomic E-state index is 0.00323. The normalized spacial score (nSPS) is 19.5. The number of nitrogens with two attached hydrogens (primary N) is 1. The van der Waals surface area contributed by atoms with Crippen molar-refractivity contribution in [3.05, 3.63) is 0 Å². The van der Waals surface area contributed by atoms with E-state index in [0.717, 1.165) is 6.42 Å². The molecule has 0 spiro atoms. The Bertz CT molecular complexity index is 728. The summed E-state index contributed by atoms with van der Waals surface area (Å²) in [6.45, 7) is 7.91. The number of hydrogen-bond acceptors (Lipinski definition) is 6. The molecular weight excluding hydrogens is 432 g/mol. The molecule has 3 amide bonds. The third kappa shape index (κ3) is 8.64. The van der Waals surface area contributed by atoms with E-state index in [0.29, 0.717) is 19.4 Å². The first-order chi connectivity index (χ1) is 15.4. The number of hydrogen-bond donors (Lipinski definition) is 5. The van der Waals surface area contributed by atoms with Gasteiger partial charge in [-0.2, -0.15) is 0 Å². The highest BCUT2D eigenvalue weighted by Crippen LogP contribution is 2.21. The molecule has 0 saturated carbocycles. The molecule has 1 aliphatic rings. The summed E-state index contributed by atoms with van der Waals surface area (Å²) in [6, 6.07) is -3.88. The second-order valence-corrected chi connectivity index (χ2v) is 9.12. The SMILES string of the molecule is CCC(C)C(N)C(=O)N1CCCC1C(=O)NC(CC(C)C)C(=O)NC(CCC(=O)O)C(=O)O. The maximum atomic E-state index is 13.0. The van der Waals surface area contributed by atoms with Gasteiger partial charge in [0.25, 0.3) is 0 Å². The van der Waals surface area contributed by atoms with Gasteiger partial charge >= 0.3 is 11.9 Å². The van der Waals surface area contributed by atoms with Gasteiger partial charge in [-0.05, 0) is 37.5 Å². The predicted molar refractivity (Wildman–Crippen MR) is 120 cm³/mol. The Hall–Kier alpha value is -2.69. The fourth-order valence-electron chi connectivity index (χ4n) is 3.76. The molecule has 0 aromatic carbocycles. The van der Waals surface area contributed by atoms with Gasteiger partial charge in [0.15, 0.2) is 0 Å². The number of carbonyl (C=O) groups is 5. The highest BCUT2D eigenvalue weighted by atomic mass is 16.4. The number of nitrogens with one attached hydrogen (secondary N) is 2. The number of likely N-dealkylation sites (tertiary alicyclic amines) is 1. The van der Waals surface area contributed by atoms with Crippen LogP contribution in [0.15, 0.2) is 0 Å². The maximum Gasteiger partial charge on any atom is 0.326 e. The summed E-state index contributed by atoms with van der Waals surface area (Å²) in [5.74, 6) is -4.07. The summed E-state index contributed by atoms with van der Waals surface area (Å²) >= 11 is 0. The van der Waals surface area contributed by atoms with Gasteiger partial charge in [-0.1, -0.05) is 34.1 Å². The van der Waals surface area contributed by atoms with Gasteiger partial charge in [0.1, 0.15) is 18.1 Å². The van der Waals surface area contributed by atoms with Crippen LogP contribution in [0.2, 0.25) is 0 Å². The number of amides is 3. The van der Waals surface area contributed by atoms with Crippen LogP contribution in [0.25, 0.3) is 0 Å². The fraction of sp³-hybridized carbons (Fsp3) is 0.773. The number of carboxylic acids is 2. The molecule has 0 radical (unpaired) electrons. The first-order valence-electron chi connectivity index (χ1n) is 11.5. The second kappa shape index (κ2) is 13.1. The van der Waals surface area contributed by atoms with E-state index in [4.69, 9.17) is 10.8 Å². The number of nitrogens with zero attached hydrogens (tertiary/aromatic N) is 1. The van der Waals surface area contributed by atoms with Gasteiger partial charge in [0.05, 0.1) is 6.04 Å². The van der Waals surface area contributed by atoms with Crippen molar-refractivity contribution in [2.75, 3.05) is 6.54 Å². The molecule has 6 N–H and O–H groups in total. The summed E-state index contributed by atoms with van der Waals surface area (Å²) in [7, 11) is 0. The van der Waals surface area contributed by atoms with Gasteiger partial charge in [-0.15, -0.1) is 0 Å². The average molecular weight is 471 g/mol. The van der Waals surface area contributed by atoms with Crippen LogP contribution in [0.3, 0.4) is 0 Å². The summed E-state index contributed by atoms with van der Waals surface area (Å²) in [5, 5.41) is 23.1. The lowest BCUT2D eigenvalue weighted by Crippen LogP contribution is -2.57. The van der Waals surface area contributed by atoms with Crippen molar-refractivity contribution in [1.82, 2.24) is 15.5 Å². The molecule has 1 saturated heterocycles. The van der Waals surface area contributed by atoms with Crippen LogP contribution in [0.4, 0.5) is 0 Å². The van der Waals surface area contributed by atoms with Gasteiger partial charge in [-0.25, -0.2) is 4.79 Å². The molecule has 0 aliphatic carbocycles. The van der Waals surface area contributed by atoms with Gasteiger partial charge in [0, 0.05) is 13.0 Å². The zero-order chi connectivity index (χ0) is 25.3. The van der Waals surface area contributed by atoms with Crippen LogP contribution in [-0.2, 0) is 24.0 Å². The van der Waals surface area contributed by atoms with E-state index in [2.05, 4.69) is 10.6 Å². The lowest BCUT2D eigenvalue weighted by Gasteiger charge is -2.30. The van der Waals surface area contributed by atoms with E-state index < -0.39 is 54.3 Å². The zero-order valence-corrected chi connectivity index (χ0v) is 19.9. The molecule has 5 unspecified atom stereocenters. The number of carboxylic acid groups (broad SMARTS) is 2. The van der Waals surface area contributed by atoms with Gasteiger partial charge < -0.3 is 31.5 Å². The maximum absolute atomic E-state index is 13.0. The Morgan fingerprint density at radius 3 is 2.21 bits per heavy atom. The average Bonchev–Trinajstić information content (AvgIpc) is 3.23. The van der Waals surface area contributed by atoms with Crippen molar-refractivity contribution < 1.29 is 34.2 Å². The third-order valence-corrected chi connectivity index (χ3v) is 5.98. The van der Waals surface area contributed by atoms with E-state index in [1.165, 1.54) is 4.90 Å². The Kier molecular flexibility index (Phi) is 11.3. The molecule has 11 nitrogen and oxygen atoms in total. The third-order valence-electron chi connectivity index (χ3n) is 5.98. The molecular formula is C22H38N4O7. The summed E-state index contributed by atoms with van der Waals surface area (Å²) in [5.41, 5.74) is 6.08. The van der Waals surface area contributed by atoms with E-state index >= 15 is 0 Å². The molecule has 1 fully saturated rings. The first-order valence-corrected chi connectivity index (χ1v) is 11.5. The summed E-state index contributed by atoms with van der Waals surface area (Å²) < 4.78 is 0. The minimum atomic E-state index is -1.39. The van der Waals surface area contributed by atoms with Crippen LogP contribution in [0.1, 0.15) is 66.2 Å². The smallest absolute Gasteiger partial charge is 0.326 e. The summed E-state index contributed by atoms with van der Waals surface area (Å²) in [6.07, 6.45) is 1.34. The minimum Gasteiger partial charge on any atom is -0.481 e. The van der Waals surface area contributed by atoms with E-state index in [1.807, 2.05) is 27.7 Å². The standard InChI is InChI=1S/C22H38N4O7/c1-5-13(4)18(23)21(31)26-10-6-7-16(26)20(30)25-15(11-12(2)3)19(29)24-14(22(32)33)8-9-17(27)28/h12-16,18H,5-11,23H2,1-4H3,(H,24,29)(H,25,30)(H,27,28)(H,32,33). The first kappa shape index (κ1) is 28.3. The molecule has 0 aromatic rings. The number of aliphatic carboxylic acids is 2. The van der Waals surface area contributed by atoms with Crippen molar-refractivity contribution >= 4 is 29.7 Å². The Morgan fingerprint density at radius 2 is 1.70 bits per heavy atom. The molecule has 0 bridgehead atoms. The molecule has 1 rings (SSSR count). The van der Waals surface area contributed by atoms with Crippen molar-refractivity contribution in [3.63, 3.8) is 0 Å². The van der Waals surface area contributed by atoms with Crippen LogP contribution in [0.5, 0.6) is 0 Å².